The molecule has 0 saturated heterocycles. The molecule has 23 heavy (non-hydrogen) atoms. The van der Waals surface area contributed by atoms with Gasteiger partial charge in [-0.1, -0.05) is 63.6 Å². The van der Waals surface area contributed by atoms with Gasteiger partial charge in [-0.05, 0) is 25.0 Å². The maximum atomic E-state index is 4.57. The topological polar surface area (TPSA) is 29.0 Å². The van der Waals surface area contributed by atoms with E-state index in [1.807, 2.05) is 6.07 Å². The Morgan fingerprint density at radius 3 is 2.22 bits per heavy atom. The van der Waals surface area contributed by atoms with Crippen LogP contribution in [-0.4, -0.2) is 17.0 Å². The first-order valence-electron chi connectivity index (χ1n) is 8.91. The Kier molecular flexibility index (Phi) is 7.58. The van der Waals surface area contributed by atoms with Gasteiger partial charge in [0.25, 0.3) is 0 Å². The van der Waals surface area contributed by atoms with Crippen LogP contribution in [0.15, 0.2) is 42.7 Å². The molecule has 124 valence electrons. The SMILES string of the molecule is CCCCCCCCCc1nccnc1N(C)c1ccccc1. The molecule has 0 aliphatic heterocycles. The van der Waals surface area contributed by atoms with Crippen LogP contribution in [0.2, 0.25) is 0 Å². The van der Waals surface area contributed by atoms with Crippen LogP contribution in [0.1, 0.15) is 57.6 Å². The summed E-state index contributed by atoms with van der Waals surface area (Å²) in [5.41, 5.74) is 2.25. The minimum absolute atomic E-state index is 0.977. The maximum absolute atomic E-state index is 4.57. The molecule has 0 spiro atoms. The number of unbranched alkanes of at least 4 members (excludes halogenated alkanes) is 6. The lowest BCUT2D eigenvalue weighted by Crippen LogP contribution is -2.14. The van der Waals surface area contributed by atoms with E-state index < -0.39 is 0 Å². The number of anilines is 2. The molecule has 1 heterocycles. The van der Waals surface area contributed by atoms with Crippen LogP contribution in [0.3, 0.4) is 0 Å². The first-order valence-corrected chi connectivity index (χ1v) is 8.91. The van der Waals surface area contributed by atoms with Crippen molar-refractivity contribution in [3.05, 3.63) is 48.4 Å². The molecular formula is C20H29N3. The minimum atomic E-state index is 0.977. The van der Waals surface area contributed by atoms with E-state index in [1.165, 1.54) is 44.9 Å². The molecular weight excluding hydrogens is 282 g/mol. The monoisotopic (exact) mass is 311 g/mol. The fraction of sp³-hybridized carbons (Fsp3) is 0.500. The van der Waals surface area contributed by atoms with Crippen molar-refractivity contribution in [2.75, 3.05) is 11.9 Å². The maximum Gasteiger partial charge on any atom is 0.154 e. The molecule has 1 aromatic carbocycles. The summed E-state index contributed by atoms with van der Waals surface area (Å²) < 4.78 is 0. The van der Waals surface area contributed by atoms with E-state index >= 15 is 0 Å². The fourth-order valence-electron chi connectivity index (χ4n) is 2.84. The van der Waals surface area contributed by atoms with Crippen molar-refractivity contribution in [3.63, 3.8) is 0 Å². The van der Waals surface area contributed by atoms with Crippen molar-refractivity contribution in [3.8, 4) is 0 Å². The van der Waals surface area contributed by atoms with E-state index in [4.69, 9.17) is 0 Å². The first-order chi connectivity index (χ1) is 11.3. The second-order valence-corrected chi connectivity index (χ2v) is 6.09. The molecule has 0 aliphatic rings. The Bertz CT molecular complexity index is 554. The van der Waals surface area contributed by atoms with Gasteiger partial charge in [-0.3, -0.25) is 4.98 Å². The highest BCUT2D eigenvalue weighted by molar-refractivity contribution is 5.60. The molecule has 3 nitrogen and oxygen atoms in total. The standard InChI is InChI=1S/C20H29N3/c1-3-4-5-6-7-8-12-15-19-20(22-17-16-21-19)23(2)18-13-10-9-11-14-18/h9-11,13-14,16-17H,3-8,12,15H2,1-2H3. The highest BCUT2D eigenvalue weighted by Crippen LogP contribution is 2.24. The predicted molar refractivity (Wildman–Crippen MR) is 98.2 cm³/mol. The highest BCUT2D eigenvalue weighted by Gasteiger charge is 2.11. The Balaban J connectivity index is 1.88. The van der Waals surface area contributed by atoms with Gasteiger partial charge in [0.2, 0.25) is 0 Å². The third-order valence-electron chi connectivity index (χ3n) is 4.23. The summed E-state index contributed by atoms with van der Waals surface area (Å²) in [4.78, 5) is 11.3. The van der Waals surface area contributed by atoms with Gasteiger partial charge in [0.1, 0.15) is 0 Å². The molecule has 0 N–H and O–H groups in total. The van der Waals surface area contributed by atoms with Crippen LogP contribution in [-0.2, 0) is 6.42 Å². The summed E-state index contributed by atoms with van der Waals surface area (Å²) in [6, 6.07) is 10.3. The zero-order chi connectivity index (χ0) is 16.3. The van der Waals surface area contributed by atoms with Crippen molar-refractivity contribution in [1.29, 1.82) is 0 Å². The lowest BCUT2D eigenvalue weighted by molar-refractivity contribution is 0.587. The van der Waals surface area contributed by atoms with Crippen LogP contribution in [0.25, 0.3) is 0 Å². The van der Waals surface area contributed by atoms with E-state index in [1.54, 1.807) is 12.4 Å². The predicted octanol–water partition coefficient (Wildman–Crippen LogP) is 5.54. The number of hydrogen-bond acceptors (Lipinski definition) is 3. The molecule has 0 saturated carbocycles. The number of benzene rings is 1. The molecule has 2 aromatic rings. The summed E-state index contributed by atoms with van der Waals surface area (Å²) in [6.45, 7) is 2.26. The average molecular weight is 311 g/mol. The normalized spacial score (nSPS) is 10.7. The molecule has 0 amide bonds. The van der Waals surface area contributed by atoms with Crippen molar-refractivity contribution in [1.82, 2.24) is 9.97 Å². The zero-order valence-electron chi connectivity index (χ0n) is 14.5. The van der Waals surface area contributed by atoms with Crippen LogP contribution in [0, 0.1) is 0 Å². The van der Waals surface area contributed by atoms with Gasteiger partial charge in [-0.2, -0.15) is 0 Å². The molecule has 0 aliphatic carbocycles. The van der Waals surface area contributed by atoms with Crippen LogP contribution < -0.4 is 4.90 Å². The lowest BCUT2D eigenvalue weighted by Gasteiger charge is -2.20. The Labute approximate surface area is 140 Å². The van der Waals surface area contributed by atoms with Gasteiger partial charge in [0.05, 0.1) is 5.69 Å². The number of rotatable bonds is 10. The molecule has 2 rings (SSSR count). The van der Waals surface area contributed by atoms with Gasteiger partial charge in [-0.25, -0.2) is 4.98 Å². The van der Waals surface area contributed by atoms with Crippen molar-refractivity contribution < 1.29 is 0 Å². The van der Waals surface area contributed by atoms with Crippen LogP contribution in [0.5, 0.6) is 0 Å². The number of aromatic nitrogens is 2. The van der Waals surface area contributed by atoms with E-state index in [-0.39, 0.29) is 0 Å². The molecule has 0 fully saturated rings. The van der Waals surface area contributed by atoms with E-state index in [0.29, 0.717) is 0 Å². The Morgan fingerprint density at radius 2 is 1.48 bits per heavy atom. The van der Waals surface area contributed by atoms with Gasteiger partial charge in [-0.15, -0.1) is 0 Å². The summed E-state index contributed by atoms with van der Waals surface area (Å²) >= 11 is 0. The number of aryl methyl sites for hydroxylation is 1. The van der Waals surface area contributed by atoms with E-state index in [9.17, 15) is 0 Å². The minimum Gasteiger partial charge on any atom is -0.328 e. The molecule has 0 radical (unpaired) electrons. The largest absolute Gasteiger partial charge is 0.328 e. The highest BCUT2D eigenvalue weighted by atomic mass is 15.2. The number of nitrogens with zero attached hydrogens (tertiary/aromatic N) is 3. The van der Waals surface area contributed by atoms with Gasteiger partial charge in [0, 0.05) is 25.1 Å². The number of para-hydroxylation sites is 1. The summed E-state index contributed by atoms with van der Waals surface area (Å²) in [7, 11) is 2.06. The molecule has 3 heteroatoms. The molecule has 0 atom stereocenters. The fourth-order valence-corrected chi connectivity index (χ4v) is 2.84. The Morgan fingerprint density at radius 1 is 0.826 bits per heavy atom. The van der Waals surface area contributed by atoms with Crippen molar-refractivity contribution in [2.45, 2.75) is 58.3 Å². The third kappa shape index (κ3) is 5.66. The molecule has 1 aromatic heterocycles. The molecule has 0 unspecified atom stereocenters. The van der Waals surface area contributed by atoms with E-state index in [0.717, 1.165) is 23.6 Å². The lowest BCUT2D eigenvalue weighted by atomic mass is 10.1. The van der Waals surface area contributed by atoms with Gasteiger partial charge in [0.15, 0.2) is 5.82 Å². The van der Waals surface area contributed by atoms with Crippen LogP contribution >= 0.6 is 0 Å². The number of hydrogen-bond donors (Lipinski definition) is 0. The second kappa shape index (κ2) is 9.98. The van der Waals surface area contributed by atoms with Crippen molar-refractivity contribution in [2.24, 2.45) is 0 Å². The third-order valence-corrected chi connectivity index (χ3v) is 4.23. The van der Waals surface area contributed by atoms with Gasteiger partial charge < -0.3 is 4.90 Å². The van der Waals surface area contributed by atoms with Crippen molar-refractivity contribution >= 4 is 11.5 Å². The smallest absolute Gasteiger partial charge is 0.154 e. The van der Waals surface area contributed by atoms with Crippen LogP contribution in [0.4, 0.5) is 11.5 Å². The zero-order valence-corrected chi connectivity index (χ0v) is 14.5. The summed E-state index contributed by atoms with van der Waals surface area (Å²) in [5.74, 6) is 0.977. The second-order valence-electron chi connectivity index (χ2n) is 6.09. The van der Waals surface area contributed by atoms with E-state index in [2.05, 4.69) is 53.1 Å². The molecule has 0 bridgehead atoms. The average Bonchev–Trinajstić information content (AvgIpc) is 2.61. The summed E-state index contributed by atoms with van der Waals surface area (Å²) in [6.07, 6.45) is 13.8. The quantitative estimate of drug-likeness (QED) is 0.540. The first kappa shape index (κ1) is 17.5. The Hall–Kier alpha value is -1.90. The van der Waals surface area contributed by atoms with Gasteiger partial charge >= 0.3 is 0 Å². The summed E-state index contributed by atoms with van der Waals surface area (Å²) in [5, 5.41) is 0.